The highest BCUT2D eigenvalue weighted by molar-refractivity contribution is 6.46. The number of hydrogen-bond donors (Lipinski definition) is 2. The lowest BCUT2D eigenvalue weighted by Gasteiger charge is -2.25. The van der Waals surface area contributed by atoms with Crippen LogP contribution in [0.15, 0.2) is 60.3 Å². The van der Waals surface area contributed by atoms with E-state index in [9.17, 15) is 14.7 Å². The van der Waals surface area contributed by atoms with E-state index in [0.29, 0.717) is 36.8 Å². The Balaban J connectivity index is 1.76. The Bertz CT molecular complexity index is 1240. The van der Waals surface area contributed by atoms with Gasteiger partial charge in [-0.2, -0.15) is 0 Å². The maximum absolute atomic E-state index is 13.3. The van der Waals surface area contributed by atoms with E-state index in [1.165, 1.54) is 0 Å². The lowest BCUT2D eigenvalue weighted by Crippen LogP contribution is -2.32. The van der Waals surface area contributed by atoms with Gasteiger partial charge in [0.05, 0.1) is 18.2 Å². The third kappa shape index (κ3) is 5.10. The summed E-state index contributed by atoms with van der Waals surface area (Å²) in [7, 11) is 3.94. The lowest BCUT2D eigenvalue weighted by molar-refractivity contribution is -0.139. The predicted molar refractivity (Wildman–Crippen MR) is 137 cm³/mol. The normalized spacial score (nSPS) is 17.8. The second-order valence-electron chi connectivity index (χ2n) is 9.67. The number of aromatic amines is 1. The number of nitrogens with one attached hydrogen (secondary N) is 1. The van der Waals surface area contributed by atoms with Gasteiger partial charge in [-0.15, -0.1) is 0 Å². The Kier molecular flexibility index (Phi) is 7.26. The lowest BCUT2D eigenvalue weighted by atomic mass is 9.95. The minimum absolute atomic E-state index is 0.112. The van der Waals surface area contributed by atoms with E-state index in [2.05, 4.69) is 18.8 Å². The molecule has 35 heavy (non-hydrogen) atoms. The van der Waals surface area contributed by atoms with Gasteiger partial charge in [-0.25, -0.2) is 0 Å². The van der Waals surface area contributed by atoms with Gasteiger partial charge in [0.25, 0.3) is 11.7 Å². The van der Waals surface area contributed by atoms with E-state index in [4.69, 9.17) is 4.74 Å². The van der Waals surface area contributed by atoms with E-state index in [-0.39, 0.29) is 11.3 Å². The second-order valence-corrected chi connectivity index (χ2v) is 9.67. The standard InChI is InChI=1S/C28H33N3O4/c1-18(2)17-35-20-12-10-19(11-13-20)26(32)24-25(22-16-29-23-9-6-5-8-21(22)23)31(28(34)27(24)33)15-7-14-30(3)4/h5-6,8-13,16,18,25,29,32H,7,14-15,17H2,1-4H3/b26-24+. The molecule has 0 radical (unpaired) electrons. The summed E-state index contributed by atoms with van der Waals surface area (Å²) in [6, 6.07) is 14.1. The van der Waals surface area contributed by atoms with Crippen molar-refractivity contribution < 1.29 is 19.4 Å². The Hall–Kier alpha value is -3.58. The van der Waals surface area contributed by atoms with Crippen LogP contribution in [-0.4, -0.2) is 65.4 Å². The van der Waals surface area contributed by atoms with Crippen molar-refractivity contribution >= 4 is 28.4 Å². The number of fused-ring (bicyclic) bond motifs is 1. The number of carbonyl (C=O) groups excluding carboxylic acids is 2. The first-order valence-corrected chi connectivity index (χ1v) is 12.0. The maximum Gasteiger partial charge on any atom is 0.295 e. The number of aliphatic hydroxyl groups excluding tert-OH is 1. The molecule has 184 valence electrons. The van der Waals surface area contributed by atoms with Gasteiger partial charge in [-0.05, 0) is 63.3 Å². The molecule has 1 fully saturated rings. The van der Waals surface area contributed by atoms with Crippen LogP contribution in [0.4, 0.5) is 0 Å². The topological polar surface area (TPSA) is 85.9 Å². The van der Waals surface area contributed by atoms with E-state index < -0.39 is 17.7 Å². The summed E-state index contributed by atoms with van der Waals surface area (Å²) in [5.74, 6) is -0.348. The monoisotopic (exact) mass is 475 g/mol. The van der Waals surface area contributed by atoms with E-state index in [1.54, 1.807) is 29.2 Å². The van der Waals surface area contributed by atoms with Gasteiger partial charge in [0, 0.05) is 34.8 Å². The van der Waals surface area contributed by atoms with E-state index >= 15 is 0 Å². The number of ether oxygens (including phenoxy) is 1. The Labute approximate surface area is 206 Å². The molecule has 1 aliphatic rings. The Morgan fingerprint density at radius 2 is 1.83 bits per heavy atom. The molecule has 7 nitrogen and oxygen atoms in total. The highest BCUT2D eigenvalue weighted by Gasteiger charge is 2.46. The summed E-state index contributed by atoms with van der Waals surface area (Å²) in [4.78, 5) is 33.3. The summed E-state index contributed by atoms with van der Waals surface area (Å²) in [5, 5.41) is 12.2. The van der Waals surface area contributed by atoms with Gasteiger partial charge in [0.1, 0.15) is 11.5 Å². The van der Waals surface area contributed by atoms with Gasteiger partial charge >= 0.3 is 0 Å². The SMILES string of the molecule is CC(C)COc1ccc(/C(O)=C2\C(=O)C(=O)N(CCCN(C)C)C2c2c[nH]c3ccccc23)cc1. The highest BCUT2D eigenvalue weighted by Crippen LogP contribution is 2.42. The number of hydrogen-bond acceptors (Lipinski definition) is 5. The number of aromatic nitrogens is 1. The van der Waals surface area contributed by atoms with Crippen molar-refractivity contribution in [1.82, 2.24) is 14.8 Å². The van der Waals surface area contributed by atoms with Crippen LogP contribution in [0.1, 0.15) is 37.4 Å². The van der Waals surface area contributed by atoms with Crippen molar-refractivity contribution in [2.45, 2.75) is 26.3 Å². The molecule has 0 spiro atoms. The van der Waals surface area contributed by atoms with Gasteiger partial charge in [0.2, 0.25) is 0 Å². The molecule has 0 bridgehead atoms. The molecule has 1 atom stereocenters. The molecule has 1 amide bonds. The molecule has 0 aliphatic carbocycles. The van der Waals surface area contributed by atoms with Crippen LogP contribution < -0.4 is 4.74 Å². The van der Waals surface area contributed by atoms with Gasteiger partial charge in [0.15, 0.2) is 0 Å². The maximum atomic E-state index is 13.3. The largest absolute Gasteiger partial charge is 0.507 e. The number of para-hydroxylation sites is 1. The third-order valence-corrected chi connectivity index (χ3v) is 6.17. The smallest absolute Gasteiger partial charge is 0.295 e. The molecule has 7 heteroatoms. The molecule has 2 N–H and O–H groups in total. The van der Waals surface area contributed by atoms with E-state index in [0.717, 1.165) is 23.0 Å². The van der Waals surface area contributed by atoms with Crippen LogP contribution in [-0.2, 0) is 9.59 Å². The molecule has 1 saturated heterocycles. The number of carbonyl (C=O) groups is 2. The predicted octanol–water partition coefficient (Wildman–Crippen LogP) is 4.58. The van der Waals surface area contributed by atoms with Gasteiger partial charge in [-0.1, -0.05) is 32.0 Å². The van der Waals surface area contributed by atoms with Gasteiger partial charge < -0.3 is 24.6 Å². The molecule has 0 saturated carbocycles. The Morgan fingerprint density at radius 1 is 1.11 bits per heavy atom. The fourth-order valence-corrected chi connectivity index (χ4v) is 4.44. The zero-order valence-corrected chi connectivity index (χ0v) is 20.7. The number of benzene rings is 2. The number of H-pyrrole nitrogens is 1. The molecular weight excluding hydrogens is 442 g/mol. The number of nitrogens with zero attached hydrogens (tertiary/aromatic N) is 2. The van der Waals surface area contributed by atoms with Crippen molar-refractivity contribution in [2.24, 2.45) is 5.92 Å². The van der Waals surface area contributed by atoms with Crippen molar-refractivity contribution in [3.8, 4) is 5.75 Å². The molecule has 2 heterocycles. The number of ketones is 1. The molecule has 1 aliphatic heterocycles. The van der Waals surface area contributed by atoms with Crippen LogP contribution in [0.25, 0.3) is 16.7 Å². The fourth-order valence-electron chi connectivity index (χ4n) is 4.44. The minimum Gasteiger partial charge on any atom is -0.507 e. The van der Waals surface area contributed by atoms with Crippen molar-refractivity contribution in [3.05, 3.63) is 71.4 Å². The average Bonchev–Trinajstić information content (AvgIpc) is 3.36. The van der Waals surface area contributed by atoms with Crippen molar-refractivity contribution in [2.75, 3.05) is 33.8 Å². The summed E-state index contributed by atoms with van der Waals surface area (Å²) in [5.41, 5.74) is 2.29. The molecule has 4 rings (SSSR count). The van der Waals surface area contributed by atoms with Crippen LogP contribution in [0.5, 0.6) is 5.75 Å². The van der Waals surface area contributed by atoms with Crippen LogP contribution in [0.3, 0.4) is 0 Å². The zero-order valence-electron chi connectivity index (χ0n) is 20.7. The molecule has 1 unspecified atom stereocenters. The number of rotatable bonds is 9. The molecule has 2 aromatic carbocycles. The first-order chi connectivity index (χ1) is 16.8. The quantitative estimate of drug-likeness (QED) is 0.269. The third-order valence-electron chi connectivity index (χ3n) is 6.17. The van der Waals surface area contributed by atoms with Crippen LogP contribution in [0, 0.1) is 5.92 Å². The van der Waals surface area contributed by atoms with Crippen LogP contribution >= 0.6 is 0 Å². The number of likely N-dealkylation sites (tertiary alicyclic amines) is 1. The van der Waals surface area contributed by atoms with Crippen LogP contribution in [0.2, 0.25) is 0 Å². The zero-order chi connectivity index (χ0) is 25.1. The molecule has 3 aromatic rings. The van der Waals surface area contributed by atoms with E-state index in [1.807, 2.05) is 49.5 Å². The summed E-state index contributed by atoms with van der Waals surface area (Å²) >= 11 is 0. The first-order valence-electron chi connectivity index (χ1n) is 12.0. The van der Waals surface area contributed by atoms with Crippen molar-refractivity contribution in [3.63, 3.8) is 0 Å². The number of aliphatic hydroxyl groups is 1. The second kappa shape index (κ2) is 10.4. The average molecular weight is 476 g/mol. The number of amides is 1. The fraction of sp³-hybridized carbons (Fsp3) is 0.357. The van der Waals surface area contributed by atoms with Gasteiger partial charge in [-0.3, -0.25) is 9.59 Å². The van der Waals surface area contributed by atoms with Crippen molar-refractivity contribution in [1.29, 1.82) is 0 Å². The summed E-state index contributed by atoms with van der Waals surface area (Å²) in [6.45, 7) is 5.92. The summed E-state index contributed by atoms with van der Waals surface area (Å²) in [6.07, 6.45) is 2.54. The molecular formula is C28H33N3O4. The molecule has 1 aromatic heterocycles. The highest BCUT2D eigenvalue weighted by atomic mass is 16.5. The number of Topliss-reactive ketones (excluding diaryl/α,β-unsaturated/α-hetero) is 1. The first kappa shape index (κ1) is 24.5. The Morgan fingerprint density at radius 3 is 2.51 bits per heavy atom. The summed E-state index contributed by atoms with van der Waals surface area (Å²) < 4.78 is 5.74. The minimum atomic E-state index is -0.676.